The van der Waals surface area contributed by atoms with Crippen LogP contribution in [0.15, 0.2) is 16.6 Å². The van der Waals surface area contributed by atoms with Crippen molar-refractivity contribution >= 4 is 27.7 Å². The topological polar surface area (TPSA) is 12.0 Å². The molecule has 0 atom stereocenters. The second kappa shape index (κ2) is 6.87. The van der Waals surface area contributed by atoms with Crippen LogP contribution in [0.1, 0.15) is 18.4 Å². The summed E-state index contributed by atoms with van der Waals surface area (Å²) >= 11 is 5.06. The lowest BCUT2D eigenvalue weighted by Gasteiger charge is -2.21. The van der Waals surface area contributed by atoms with E-state index in [1.54, 1.807) is 0 Å². The Kier molecular flexibility index (Phi) is 5.45. The lowest BCUT2D eigenvalue weighted by molar-refractivity contribution is 0.438. The van der Waals surface area contributed by atoms with Gasteiger partial charge in [0.05, 0.1) is 4.47 Å². The van der Waals surface area contributed by atoms with Crippen LogP contribution in [0, 0.1) is 17.6 Å². The zero-order valence-electron chi connectivity index (χ0n) is 10.0. The molecule has 0 bridgehead atoms. The van der Waals surface area contributed by atoms with Gasteiger partial charge in [0.2, 0.25) is 0 Å². The molecule has 1 aromatic carbocycles. The van der Waals surface area contributed by atoms with E-state index >= 15 is 0 Å². The van der Waals surface area contributed by atoms with Crippen molar-refractivity contribution < 1.29 is 8.78 Å². The Balaban J connectivity index is 1.88. The van der Waals surface area contributed by atoms with Gasteiger partial charge in [-0.3, -0.25) is 0 Å². The van der Waals surface area contributed by atoms with Crippen LogP contribution in [0.3, 0.4) is 0 Å². The first kappa shape index (κ1) is 14.3. The van der Waals surface area contributed by atoms with E-state index in [2.05, 4.69) is 21.2 Å². The molecule has 0 aliphatic carbocycles. The lowest BCUT2D eigenvalue weighted by Crippen LogP contribution is -2.26. The summed E-state index contributed by atoms with van der Waals surface area (Å²) in [6.07, 6.45) is 2.39. The summed E-state index contributed by atoms with van der Waals surface area (Å²) < 4.78 is 27.5. The molecule has 0 saturated carbocycles. The van der Waals surface area contributed by atoms with Crippen molar-refractivity contribution in [3.8, 4) is 0 Å². The lowest BCUT2D eigenvalue weighted by atomic mass is 10.0. The van der Waals surface area contributed by atoms with Gasteiger partial charge in [0.25, 0.3) is 0 Å². The van der Waals surface area contributed by atoms with Gasteiger partial charge in [-0.15, -0.1) is 0 Å². The van der Waals surface area contributed by atoms with Gasteiger partial charge in [0.1, 0.15) is 11.6 Å². The van der Waals surface area contributed by atoms with Crippen LogP contribution in [0.4, 0.5) is 8.78 Å². The Morgan fingerprint density at radius 1 is 1.28 bits per heavy atom. The van der Waals surface area contributed by atoms with Crippen LogP contribution < -0.4 is 5.32 Å². The maximum absolute atomic E-state index is 13.7. The zero-order chi connectivity index (χ0) is 13.0. The maximum Gasteiger partial charge on any atom is 0.144 e. The SMILES string of the molecule is Fc1ccc(Br)c(F)c1CNCC1CCSCC1. The minimum absolute atomic E-state index is 0.120. The van der Waals surface area contributed by atoms with Gasteiger partial charge in [-0.2, -0.15) is 11.8 Å². The first-order chi connectivity index (χ1) is 8.68. The third-order valence-electron chi connectivity index (χ3n) is 3.21. The number of benzene rings is 1. The standard InChI is InChI=1S/C13H16BrF2NS/c14-11-1-2-12(15)10(13(11)16)8-17-7-9-3-5-18-6-4-9/h1-2,9,17H,3-8H2. The first-order valence-corrected chi connectivity index (χ1v) is 8.04. The summed E-state index contributed by atoms with van der Waals surface area (Å²) in [7, 11) is 0. The Labute approximate surface area is 119 Å². The number of rotatable bonds is 4. The monoisotopic (exact) mass is 335 g/mol. The molecule has 2 rings (SSSR count). The van der Waals surface area contributed by atoms with Gasteiger partial charge in [-0.25, -0.2) is 8.78 Å². The van der Waals surface area contributed by atoms with Crippen molar-refractivity contribution in [3.63, 3.8) is 0 Å². The Morgan fingerprint density at radius 3 is 2.72 bits per heavy atom. The molecule has 18 heavy (non-hydrogen) atoms. The molecule has 100 valence electrons. The molecule has 0 aromatic heterocycles. The summed E-state index contributed by atoms with van der Waals surface area (Å²) in [5.74, 6) is 2.06. The van der Waals surface area contributed by atoms with Crippen LogP contribution >= 0.6 is 27.7 Å². The summed E-state index contributed by atoms with van der Waals surface area (Å²) in [6, 6.07) is 2.69. The fraction of sp³-hybridized carbons (Fsp3) is 0.538. The number of halogens is 3. The average Bonchev–Trinajstić information content (AvgIpc) is 2.39. The molecule has 1 nitrogen and oxygen atoms in total. The van der Waals surface area contributed by atoms with Crippen LogP contribution in [0.5, 0.6) is 0 Å². The van der Waals surface area contributed by atoms with E-state index in [0.29, 0.717) is 10.4 Å². The minimum atomic E-state index is -0.498. The van der Waals surface area contributed by atoms with E-state index in [1.807, 2.05) is 11.8 Å². The molecule has 0 amide bonds. The van der Waals surface area contributed by atoms with Crippen molar-refractivity contribution in [2.45, 2.75) is 19.4 Å². The predicted octanol–water partition coefficient (Wildman–Crippen LogP) is 3.96. The summed E-state index contributed by atoms with van der Waals surface area (Å²) in [5, 5.41) is 3.17. The molecule has 1 aromatic rings. The summed E-state index contributed by atoms with van der Waals surface area (Å²) in [4.78, 5) is 0. The molecule has 0 radical (unpaired) electrons. The molecule has 1 fully saturated rings. The minimum Gasteiger partial charge on any atom is -0.312 e. The number of hydrogen-bond acceptors (Lipinski definition) is 2. The van der Waals surface area contributed by atoms with Crippen LogP contribution in [0.2, 0.25) is 0 Å². The third kappa shape index (κ3) is 3.68. The third-order valence-corrected chi connectivity index (χ3v) is 4.88. The van der Waals surface area contributed by atoms with Crippen LogP contribution in [-0.4, -0.2) is 18.1 Å². The number of nitrogens with one attached hydrogen (secondary N) is 1. The van der Waals surface area contributed by atoms with Crippen molar-refractivity contribution in [3.05, 3.63) is 33.8 Å². The second-order valence-corrected chi connectivity index (χ2v) is 6.59. The molecule has 1 aliphatic rings. The quantitative estimate of drug-likeness (QED) is 0.836. The van der Waals surface area contributed by atoms with Crippen LogP contribution in [0.25, 0.3) is 0 Å². The second-order valence-electron chi connectivity index (χ2n) is 4.51. The van der Waals surface area contributed by atoms with Gasteiger partial charge in [-0.1, -0.05) is 0 Å². The number of hydrogen-bond donors (Lipinski definition) is 1. The van der Waals surface area contributed by atoms with Crippen LogP contribution in [-0.2, 0) is 6.54 Å². The Morgan fingerprint density at radius 2 is 2.00 bits per heavy atom. The van der Waals surface area contributed by atoms with Crippen molar-refractivity contribution in [2.24, 2.45) is 5.92 Å². The average molecular weight is 336 g/mol. The van der Waals surface area contributed by atoms with E-state index in [0.717, 1.165) is 6.54 Å². The van der Waals surface area contributed by atoms with Gasteiger partial charge < -0.3 is 5.32 Å². The molecular formula is C13H16BrF2NS. The number of thioether (sulfide) groups is 1. The molecule has 1 aliphatic heterocycles. The van der Waals surface area contributed by atoms with E-state index in [4.69, 9.17) is 0 Å². The normalized spacial score (nSPS) is 17.1. The molecule has 5 heteroatoms. The zero-order valence-corrected chi connectivity index (χ0v) is 12.4. The fourth-order valence-corrected chi connectivity index (χ4v) is 3.66. The highest BCUT2D eigenvalue weighted by atomic mass is 79.9. The summed E-state index contributed by atoms with van der Waals surface area (Å²) in [5.41, 5.74) is 0.120. The molecule has 0 unspecified atom stereocenters. The molecule has 1 saturated heterocycles. The van der Waals surface area contributed by atoms with Gasteiger partial charge >= 0.3 is 0 Å². The van der Waals surface area contributed by atoms with Gasteiger partial charge in [0.15, 0.2) is 0 Å². The van der Waals surface area contributed by atoms with Crippen molar-refractivity contribution in [1.82, 2.24) is 5.32 Å². The van der Waals surface area contributed by atoms with E-state index in [9.17, 15) is 8.78 Å². The van der Waals surface area contributed by atoms with Gasteiger partial charge in [-0.05, 0) is 64.9 Å². The molecular weight excluding hydrogens is 320 g/mol. The smallest absolute Gasteiger partial charge is 0.144 e. The molecule has 1 heterocycles. The maximum atomic E-state index is 13.7. The fourth-order valence-electron chi connectivity index (χ4n) is 2.08. The first-order valence-electron chi connectivity index (χ1n) is 6.09. The Hall–Kier alpha value is -0.130. The molecule has 0 spiro atoms. The van der Waals surface area contributed by atoms with E-state index in [1.165, 1.54) is 36.5 Å². The Bertz CT molecular complexity index is 408. The van der Waals surface area contributed by atoms with E-state index in [-0.39, 0.29) is 12.1 Å². The highest BCUT2D eigenvalue weighted by Gasteiger charge is 2.15. The van der Waals surface area contributed by atoms with Crippen molar-refractivity contribution in [2.75, 3.05) is 18.1 Å². The predicted molar refractivity (Wildman–Crippen MR) is 75.8 cm³/mol. The van der Waals surface area contributed by atoms with E-state index < -0.39 is 11.6 Å². The van der Waals surface area contributed by atoms with Crippen molar-refractivity contribution in [1.29, 1.82) is 0 Å². The molecule has 1 N–H and O–H groups in total. The van der Waals surface area contributed by atoms with Gasteiger partial charge in [0, 0.05) is 12.1 Å². The highest BCUT2D eigenvalue weighted by Crippen LogP contribution is 2.23. The highest BCUT2D eigenvalue weighted by molar-refractivity contribution is 9.10. The summed E-state index contributed by atoms with van der Waals surface area (Å²) in [6.45, 7) is 1.09. The largest absolute Gasteiger partial charge is 0.312 e.